The molecule has 0 aliphatic carbocycles. The summed E-state index contributed by atoms with van der Waals surface area (Å²) in [6, 6.07) is 9.04. The molecule has 1 fully saturated rings. The molecule has 1 aliphatic heterocycles. The second kappa shape index (κ2) is 7.90. The predicted octanol–water partition coefficient (Wildman–Crippen LogP) is 0.839. The summed E-state index contributed by atoms with van der Waals surface area (Å²) in [6.45, 7) is 2.65. The van der Waals surface area contributed by atoms with Crippen molar-refractivity contribution >= 4 is 15.9 Å². The van der Waals surface area contributed by atoms with Gasteiger partial charge in [0.1, 0.15) is 0 Å². The molecule has 0 bridgehead atoms. The number of likely N-dealkylation sites (tertiary alicyclic amines) is 1. The number of aliphatic hydroxyl groups excluding tert-OH is 1. The molecule has 23 heavy (non-hydrogen) atoms. The fourth-order valence-electron chi connectivity index (χ4n) is 2.77. The number of piperidine rings is 1. The molecule has 2 N–H and O–H groups in total. The minimum absolute atomic E-state index is 0.0156. The third-order valence-electron chi connectivity index (χ3n) is 3.88. The summed E-state index contributed by atoms with van der Waals surface area (Å²) in [6.07, 6.45) is 0.871. The van der Waals surface area contributed by atoms with Gasteiger partial charge in [0.2, 0.25) is 10.0 Å². The van der Waals surface area contributed by atoms with Crippen molar-refractivity contribution in [3.8, 4) is 0 Å². The van der Waals surface area contributed by atoms with Gasteiger partial charge in [-0.2, -0.15) is 0 Å². The molecule has 0 radical (unpaired) electrons. The Morgan fingerprint density at radius 2 is 2.09 bits per heavy atom. The third kappa shape index (κ3) is 5.60. The number of carbonyl (C=O) groups excluding carboxylic acids is 1. The predicted molar refractivity (Wildman–Crippen MR) is 88.5 cm³/mol. The fourth-order valence-corrected chi connectivity index (χ4v) is 4.27. The first-order valence-electron chi connectivity index (χ1n) is 7.87. The Labute approximate surface area is 137 Å². The smallest absolute Gasteiger partial charge is 0.253 e. The fraction of sp³-hybridized carbons (Fsp3) is 0.562. The number of amides is 1. The lowest BCUT2D eigenvalue weighted by atomic mass is 9.99. The second-order valence-corrected chi connectivity index (χ2v) is 7.96. The summed E-state index contributed by atoms with van der Waals surface area (Å²) in [5.41, 5.74) is 0.628. The van der Waals surface area contributed by atoms with Crippen molar-refractivity contribution in [2.75, 3.05) is 25.4 Å². The van der Waals surface area contributed by atoms with Gasteiger partial charge in [-0.3, -0.25) is 4.79 Å². The van der Waals surface area contributed by atoms with Crippen LogP contribution < -0.4 is 4.72 Å². The van der Waals surface area contributed by atoms with Gasteiger partial charge in [-0.25, -0.2) is 13.1 Å². The Morgan fingerprint density at radius 1 is 1.39 bits per heavy atom. The van der Waals surface area contributed by atoms with Crippen LogP contribution in [-0.2, 0) is 10.0 Å². The van der Waals surface area contributed by atoms with E-state index in [2.05, 4.69) is 4.72 Å². The highest BCUT2D eigenvalue weighted by Gasteiger charge is 2.28. The molecule has 1 aromatic rings. The van der Waals surface area contributed by atoms with E-state index >= 15 is 0 Å². The van der Waals surface area contributed by atoms with Gasteiger partial charge < -0.3 is 10.0 Å². The summed E-state index contributed by atoms with van der Waals surface area (Å²) in [7, 11) is -3.44. The van der Waals surface area contributed by atoms with Crippen molar-refractivity contribution in [1.82, 2.24) is 9.62 Å². The highest BCUT2D eigenvalue weighted by molar-refractivity contribution is 7.89. The zero-order valence-corrected chi connectivity index (χ0v) is 14.1. The molecule has 0 spiro atoms. The average Bonchev–Trinajstić information content (AvgIpc) is 2.53. The van der Waals surface area contributed by atoms with Gasteiger partial charge in [0.05, 0.1) is 11.9 Å². The van der Waals surface area contributed by atoms with Gasteiger partial charge in [-0.05, 0) is 37.8 Å². The highest BCUT2D eigenvalue weighted by Crippen LogP contribution is 2.20. The molecule has 0 unspecified atom stereocenters. The number of hydrogen-bond donors (Lipinski definition) is 2. The zero-order chi connectivity index (χ0) is 16.9. The summed E-state index contributed by atoms with van der Waals surface area (Å²) in [5.74, 6) is -0.147. The van der Waals surface area contributed by atoms with Crippen LogP contribution in [0.3, 0.4) is 0 Å². The van der Waals surface area contributed by atoms with Crippen molar-refractivity contribution in [2.45, 2.75) is 25.9 Å². The maximum absolute atomic E-state index is 12.5. The number of nitrogens with zero attached hydrogens (tertiary/aromatic N) is 1. The molecule has 128 valence electrons. The highest BCUT2D eigenvalue weighted by atomic mass is 32.2. The van der Waals surface area contributed by atoms with Crippen LogP contribution in [-0.4, -0.2) is 55.8 Å². The SMILES string of the molecule is C[C@@H](O)CNS(=O)(=O)C[C@H]1CCCN(C(=O)c2ccccc2)C1. The van der Waals surface area contributed by atoms with Gasteiger partial charge in [0, 0.05) is 25.2 Å². The van der Waals surface area contributed by atoms with Crippen LogP contribution in [0.1, 0.15) is 30.1 Å². The monoisotopic (exact) mass is 340 g/mol. The van der Waals surface area contributed by atoms with Crippen LogP contribution in [0.2, 0.25) is 0 Å². The normalized spacial score (nSPS) is 20.3. The molecule has 1 saturated heterocycles. The quantitative estimate of drug-likeness (QED) is 0.803. The third-order valence-corrected chi connectivity index (χ3v) is 5.40. The first-order valence-corrected chi connectivity index (χ1v) is 9.52. The van der Waals surface area contributed by atoms with Crippen molar-refractivity contribution < 1.29 is 18.3 Å². The van der Waals surface area contributed by atoms with E-state index in [1.54, 1.807) is 17.0 Å². The Bertz CT molecular complexity index is 616. The molecule has 7 heteroatoms. The molecule has 1 amide bonds. The van der Waals surface area contributed by atoms with Gasteiger partial charge in [0.15, 0.2) is 0 Å². The molecule has 1 heterocycles. The summed E-state index contributed by atoms with van der Waals surface area (Å²) in [5, 5.41) is 9.18. The van der Waals surface area contributed by atoms with Gasteiger partial charge in [0.25, 0.3) is 5.91 Å². The molecular weight excluding hydrogens is 316 g/mol. The van der Waals surface area contributed by atoms with E-state index in [0.717, 1.165) is 12.8 Å². The van der Waals surface area contributed by atoms with Gasteiger partial charge >= 0.3 is 0 Å². The van der Waals surface area contributed by atoms with Crippen LogP contribution >= 0.6 is 0 Å². The van der Waals surface area contributed by atoms with E-state index < -0.39 is 16.1 Å². The molecule has 6 nitrogen and oxygen atoms in total. The molecule has 1 aliphatic rings. The number of benzene rings is 1. The topological polar surface area (TPSA) is 86.7 Å². The molecule has 1 aromatic carbocycles. The van der Waals surface area contributed by atoms with Crippen LogP contribution in [0.4, 0.5) is 0 Å². The van der Waals surface area contributed by atoms with Crippen molar-refractivity contribution in [3.63, 3.8) is 0 Å². The molecule has 2 rings (SSSR count). The summed E-state index contributed by atoms with van der Waals surface area (Å²) >= 11 is 0. The van der Waals surface area contributed by atoms with E-state index in [0.29, 0.717) is 18.7 Å². The number of carbonyl (C=O) groups is 1. The average molecular weight is 340 g/mol. The lowest BCUT2D eigenvalue weighted by Gasteiger charge is -2.32. The van der Waals surface area contributed by atoms with Gasteiger partial charge in [-0.15, -0.1) is 0 Å². The van der Waals surface area contributed by atoms with Crippen molar-refractivity contribution in [1.29, 1.82) is 0 Å². The summed E-state index contributed by atoms with van der Waals surface area (Å²) in [4.78, 5) is 14.2. The lowest BCUT2D eigenvalue weighted by Crippen LogP contribution is -2.43. The minimum Gasteiger partial charge on any atom is -0.392 e. The first-order chi connectivity index (χ1) is 10.9. The Kier molecular flexibility index (Phi) is 6.15. The Balaban J connectivity index is 1.94. The van der Waals surface area contributed by atoms with Crippen LogP contribution in [0.5, 0.6) is 0 Å². The Morgan fingerprint density at radius 3 is 2.74 bits per heavy atom. The van der Waals surface area contributed by atoms with Crippen molar-refractivity contribution in [3.05, 3.63) is 35.9 Å². The molecular formula is C16H24N2O4S. The van der Waals surface area contributed by atoms with E-state index in [1.807, 2.05) is 18.2 Å². The molecule has 0 saturated carbocycles. The van der Waals surface area contributed by atoms with Crippen LogP contribution in [0.25, 0.3) is 0 Å². The first kappa shape index (κ1) is 17.9. The number of aliphatic hydroxyl groups is 1. The Hall–Kier alpha value is -1.44. The van der Waals surface area contributed by atoms with E-state index in [4.69, 9.17) is 0 Å². The largest absolute Gasteiger partial charge is 0.392 e. The van der Waals surface area contributed by atoms with E-state index in [9.17, 15) is 18.3 Å². The number of sulfonamides is 1. The zero-order valence-electron chi connectivity index (χ0n) is 13.3. The molecule has 0 aromatic heterocycles. The maximum Gasteiger partial charge on any atom is 0.253 e. The van der Waals surface area contributed by atoms with Gasteiger partial charge in [-0.1, -0.05) is 18.2 Å². The van der Waals surface area contributed by atoms with E-state index in [1.165, 1.54) is 6.92 Å². The lowest BCUT2D eigenvalue weighted by molar-refractivity contribution is 0.0684. The maximum atomic E-state index is 12.5. The summed E-state index contributed by atoms with van der Waals surface area (Å²) < 4.78 is 26.4. The molecule has 2 atom stereocenters. The van der Waals surface area contributed by atoms with E-state index in [-0.39, 0.29) is 24.1 Å². The standard InChI is InChI=1S/C16H24N2O4S/c1-13(19)10-17-23(21,22)12-14-6-5-9-18(11-14)16(20)15-7-3-2-4-8-15/h2-4,7-8,13-14,17,19H,5-6,9-12H2,1H3/t13-,14+/m1/s1. The minimum atomic E-state index is -3.44. The van der Waals surface area contributed by atoms with Crippen LogP contribution in [0, 0.1) is 5.92 Å². The number of hydrogen-bond acceptors (Lipinski definition) is 4. The number of rotatable bonds is 6. The number of nitrogens with one attached hydrogen (secondary N) is 1. The van der Waals surface area contributed by atoms with Crippen molar-refractivity contribution in [2.24, 2.45) is 5.92 Å². The second-order valence-electron chi connectivity index (χ2n) is 6.10. The van der Waals surface area contributed by atoms with Crippen LogP contribution in [0.15, 0.2) is 30.3 Å².